The second-order valence-corrected chi connectivity index (χ2v) is 4.42. The first-order valence-corrected chi connectivity index (χ1v) is 5.93. The molecule has 1 fully saturated rings. The van der Waals surface area contributed by atoms with Crippen molar-refractivity contribution in [1.29, 1.82) is 0 Å². The number of rotatable bonds is 5. The fraction of sp³-hybridized carbons (Fsp3) is 0.417. The van der Waals surface area contributed by atoms with Crippen LogP contribution < -0.4 is 10.6 Å². The van der Waals surface area contributed by atoms with Crippen molar-refractivity contribution in [3.63, 3.8) is 0 Å². The van der Waals surface area contributed by atoms with Crippen LogP contribution in [0.4, 0.5) is 14.5 Å². The number of oxime groups is 1. The average Bonchev–Trinajstić information content (AvgIpc) is 3.20. The molecule has 1 aromatic carbocycles. The second-order valence-electron chi connectivity index (χ2n) is 4.42. The van der Waals surface area contributed by atoms with Gasteiger partial charge in [0.1, 0.15) is 17.3 Å². The van der Waals surface area contributed by atoms with Gasteiger partial charge < -0.3 is 20.9 Å². The maximum atomic E-state index is 14.0. The number of hydrogen-bond acceptors (Lipinski definition) is 4. The quantitative estimate of drug-likeness (QED) is 0.323. The van der Waals surface area contributed by atoms with Crippen molar-refractivity contribution < 1.29 is 19.1 Å². The molecule has 7 heteroatoms. The number of hydrogen-bond donors (Lipinski definition) is 3. The Morgan fingerprint density at radius 3 is 2.37 bits per heavy atom. The van der Waals surface area contributed by atoms with Crippen molar-refractivity contribution in [3.05, 3.63) is 29.3 Å². The maximum absolute atomic E-state index is 14.0. The highest BCUT2D eigenvalue weighted by molar-refractivity contribution is 5.97. The van der Waals surface area contributed by atoms with Crippen molar-refractivity contribution >= 4 is 11.5 Å². The minimum absolute atomic E-state index is 0.0269. The predicted octanol–water partition coefficient (Wildman–Crippen LogP) is 1.02. The van der Waals surface area contributed by atoms with Crippen LogP contribution in [0.1, 0.15) is 18.4 Å². The Labute approximate surface area is 108 Å². The Balaban J connectivity index is 2.40. The van der Waals surface area contributed by atoms with Crippen LogP contribution in [0.15, 0.2) is 17.3 Å². The van der Waals surface area contributed by atoms with Gasteiger partial charge in [-0.2, -0.15) is 0 Å². The highest BCUT2D eigenvalue weighted by Gasteiger charge is 2.32. The van der Waals surface area contributed by atoms with Gasteiger partial charge in [0.15, 0.2) is 5.84 Å². The Hall–Kier alpha value is -1.89. The summed E-state index contributed by atoms with van der Waals surface area (Å²) < 4.78 is 28.0. The van der Waals surface area contributed by atoms with Crippen LogP contribution in [0.5, 0.6) is 0 Å². The molecule has 2 rings (SSSR count). The van der Waals surface area contributed by atoms with Crippen LogP contribution in [-0.4, -0.2) is 35.3 Å². The Morgan fingerprint density at radius 1 is 1.37 bits per heavy atom. The number of nitrogens with zero attached hydrogens (tertiary/aromatic N) is 2. The lowest BCUT2D eigenvalue weighted by Crippen LogP contribution is -2.31. The summed E-state index contributed by atoms with van der Waals surface area (Å²) in [5.41, 5.74) is 5.10. The van der Waals surface area contributed by atoms with Crippen molar-refractivity contribution in [2.75, 3.05) is 18.1 Å². The summed E-state index contributed by atoms with van der Waals surface area (Å²) in [6, 6.07) is 2.09. The first kappa shape index (κ1) is 13.5. The normalized spacial score (nSPS) is 15.6. The highest BCUT2D eigenvalue weighted by Crippen LogP contribution is 2.34. The topological polar surface area (TPSA) is 82.1 Å². The minimum Gasteiger partial charge on any atom is -0.409 e. The Morgan fingerprint density at radius 2 is 1.95 bits per heavy atom. The lowest BCUT2D eigenvalue weighted by molar-refractivity contribution is 0.300. The monoisotopic (exact) mass is 271 g/mol. The highest BCUT2D eigenvalue weighted by atomic mass is 19.1. The molecule has 1 aliphatic carbocycles. The number of aliphatic hydroxyl groups is 1. The van der Waals surface area contributed by atoms with Crippen LogP contribution in [0.2, 0.25) is 0 Å². The number of halogens is 2. The summed E-state index contributed by atoms with van der Waals surface area (Å²) in [5.74, 6) is -1.94. The summed E-state index contributed by atoms with van der Waals surface area (Å²) in [6.07, 6.45) is 1.70. The predicted molar refractivity (Wildman–Crippen MR) is 66.3 cm³/mol. The molecule has 0 unspecified atom stereocenters. The lowest BCUT2D eigenvalue weighted by Gasteiger charge is -2.25. The van der Waals surface area contributed by atoms with Crippen LogP contribution >= 0.6 is 0 Å². The molecular formula is C12H15F2N3O2. The molecule has 0 spiro atoms. The first-order valence-electron chi connectivity index (χ1n) is 5.93. The zero-order valence-electron chi connectivity index (χ0n) is 10.2. The number of anilines is 1. The van der Waals surface area contributed by atoms with Crippen molar-refractivity contribution in [3.8, 4) is 0 Å². The molecule has 19 heavy (non-hydrogen) atoms. The van der Waals surface area contributed by atoms with Gasteiger partial charge in [-0.25, -0.2) is 8.78 Å². The van der Waals surface area contributed by atoms with Gasteiger partial charge in [-0.15, -0.1) is 0 Å². The molecule has 0 radical (unpaired) electrons. The van der Waals surface area contributed by atoms with E-state index in [-0.39, 0.29) is 36.3 Å². The van der Waals surface area contributed by atoms with Gasteiger partial charge in [0.25, 0.3) is 0 Å². The molecule has 0 amide bonds. The van der Waals surface area contributed by atoms with E-state index in [0.717, 1.165) is 25.0 Å². The molecule has 0 bridgehead atoms. The number of amidine groups is 1. The summed E-state index contributed by atoms with van der Waals surface area (Å²) >= 11 is 0. The van der Waals surface area contributed by atoms with Gasteiger partial charge >= 0.3 is 0 Å². The number of aliphatic hydroxyl groups excluding tert-OH is 1. The van der Waals surface area contributed by atoms with Crippen molar-refractivity contribution in [1.82, 2.24) is 0 Å². The molecule has 0 saturated heterocycles. The standard InChI is InChI=1S/C12H15F2N3O2/c13-9-5-7(12(15)16-19)6-10(14)11(9)17(3-4-18)8-1-2-8/h5-6,8,18-19H,1-4H2,(H2,15,16). The second kappa shape index (κ2) is 5.40. The summed E-state index contributed by atoms with van der Waals surface area (Å²) in [7, 11) is 0. The molecule has 1 aliphatic rings. The molecule has 0 heterocycles. The smallest absolute Gasteiger partial charge is 0.170 e. The maximum Gasteiger partial charge on any atom is 0.170 e. The number of nitrogens with two attached hydrogens (primary N) is 1. The van der Waals surface area contributed by atoms with Gasteiger partial charge in [0.05, 0.1) is 6.61 Å². The zero-order valence-corrected chi connectivity index (χ0v) is 10.2. The van der Waals surface area contributed by atoms with Gasteiger partial charge in [-0.3, -0.25) is 0 Å². The Kier molecular flexibility index (Phi) is 3.84. The van der Waals surface area contributed by atoms with E-state index in [0.29, 0.717) is 0 Å². The van der Waals surface area contributed by atoms with E-state index in [4.69, 9.17) is 16.0 Å². The molecule has 0 aliphatic heterocycles. The van der Waals surface area contributed by atoms with Gasteiger partial charge in [-0.1, -0.05) is 5.16 Å². The fourth-order valence-corrected chi connectivity index (χ4v) is 2.02. The third-order valence-electron chi connectivity index (χ3n) is 3.04. The van der Waals surface area contributed by atoms with Gasteiger partial charge in [0, 0.05) is 18.2 Å². The van der Waals surface area contributed by atoms with Crippen LogP contribution in [0.3, 0.4) is 0 Å². The van der Waals surface area contributed by atoms with Gasteiger partial charge in [-0.05, 0) is 25.0 Å². The molecule has 104 valence electrons. The van der Waals surface area contributed by atoms with E-state index in [1.54, 1.807) is 0 Å². The molecule has 5 nitrogen and oxygen atoms in total. The third kappa shape index (κ3) is 2.76. The third-order valence-corrected chi connectivity index (χ3v) is 3.04. The first-order chi connectivity index (χ1) is 9.08. The summed E-state index contributed by atoms with van der Waals surface area (Å²) in [4.78, 5) is 1.51. The SMILES string of the molecule is N/C(=N/O)c1cc(F)c(N(CCO)C2CC2)c(F)c1. The zero-order chi connectivity index (χ0) is 14.0. The minimum atomic E-state index is -0.790. The summed E-state index contributed by atoms with van der Waals surface area (Å²) in [6.45, 7) is -0.0151. The van der Waals surface area contributed by atoms with Gasteiger partial charge in [0.2, 0.25) is 0 Å². The molecular weight excluding hydrogens is 256 g/mol. The van der Waals surface area contributed by atoms with E-state index >= 15 is 0 Å². The molecule has 0 atom stereocenters. The lowest BCUT2D eigenvalue weighted by atomic mass is 10.1. The van der Waals surface area contributed by atoms with E-state index in [9.17, 15) is 8.78 Å². The molecule has 4 N–H and O–H groups in total. The fourth-order valence-electron chi connectivity index (χ4n) is 2.02. The van der Waals surface area contributed by atoms with Crippen LogP contribution in [0.25, 0.3) is 0 Å². The number of benzene rings is 1. The molecule has 0 aromatic heterocycles. The van der Waals surface area contributed by atoms with Crippen LogP contribution in [0, 0.1) is 11.6 Å². The van der Waals surface area contributed by atoms with E-state index in [1.807, 2.05) is 0 Å². The molecule has 1 saturated carbocycles. The van der Waals surface area contributed by atoms with E-state index in [1.165, 1.54) is 4.90 Å². The largest absolute Gasteiger partial charge is 0.409 e. The average molecular weight is 271 g/mol. The summed E-state index contributed by atoms with van der Waals surface area (Å²) in [5, 5.41) is 20.2. The van der Waals surface area contributed by atoms with Crippen molar-refractivity contribution in [2.24, 2.45) is 10.9 Å². The molecule has 1 aromatic rings. The van der Waals surface area contributed by atoms with E-state index in [2.05, 4.69) is 5.16 Å². The van der Waals surface area contributed by atoms with E-state index < -0.39 is 11.6 Å². The Bertz CT molecular complexity index is 481. The van der Waals surface area contributed by atoms with Crippen LogP contribution in [-0.2, 0) is 0 Å². The van der Waals surface area contributed by atoms with Crippen molar-refractivity contribution in [2.45, 2.75) is 18.9 Å².